The standard InChI is InChI=1S/C14H28N2O2/c1-6-7-12-15-11(2)13(17)16(12)10-14(3,4)8-9-18-5/h11-12,15H,6-10H2,1-5H3. The third-order valence-corrected chi connectivity index (χ3v) is 3.62. The van der Waals surface area contributed by atoms with Crippen LogP contribution >= 0.6 is 0 Å². The predicted molar refractivity (Wildman–Crippen MR) is 73.3 cm³/mol. The van der Waals surface area contributed by atoms with E-state index in [0.29, 0.717) is 0 Å². The Bertz CT molecular complexity index is 279. The van der Waals surface area contributed by atoms with Crippen LogP contribution in [0.15, 0.2) is 0 Å². The molecule has 1 N–H and O–H groups in total. The van der Waals surface area contributed by atoms with Crippen molar-refractivity contribution in [1.29, 1.82) is 0 Å². The van der Waals surface area contributed by atoms with Gasteiger partial charge >= 0.3 is 0 Å². The molecule has 1 fully saturated rings. The van der Waals surface area contributed by atoms with Crippen LogP contribution in [0, 0.1) is 5.41 Å². The van der Waals surface area contributed by atoms with Crippen LogP contribution < -0.4 is 5.32 Å². The summed E-state index contributed by atoms with van der Waals surface area (Å²) in [6.07, 6.45) is 3.29. The van der Waals surface area contributed by atoms with E-state index in [-0.39, 0.29) is 23.5 Å². The molecule has 1 aliphatic rings. The SMILES string of the molecule is CCCC1NC(C)C(=O)N1CC(C)(C)CCOC. The minimum atomic E-state index is -0.0419. The number of hydrogen-bond acceptors (Lipinski definition) is 3. The number of ether oxygens (including phenoxy) is 1. The van der Waals surface area contributed by atoms with Crippen LogP contribution in [0.1, 0.15) is 47.0 Å². The lowest BCUT2D eigenvalue weighted by molar-refractivity contribution is -0.131. The number of amides is 1. The second kappa shape index (κ2) is 6.53. The smallest absolute Gasteiger partial charge is 0.240 e. The minimum Gasteiger partial charge on any atom is -0.385 e. The molecule has 2 atom stereocenters. The van der Waals surface area contributed by atoms with Gasteiger partial charge in [0.1, 0.15) is 0 Å². The summed E-state index contributed by atoms with van der Waals surface area (Å²) >= 11 is 0. The van der Waals surface area contributed by atoms with Crippen LogP contribution in [0.2, 0.25) is 0 Å². The lowest BCUT2D eigenvalue weighted by Gasteiger charge is -2.33. The summed E-state index contributed by atoms with van der Waals surface area (Å²) in [6.45, 7) is 10.1. The van der Waals surface area contributed by atoms with Crippen molar-refractivity contribution >= 4 is 5.91 Å². The molecule has 1 aliphatic heterocycles. The van der Waals surface area contributed by atoms with Gasteiger partial charge in [-0.25, -0.2) is 0 Å². The van der Waals surface area contributed by atoms with Crippen LogP contribution in [-0.4, -0.2) is 43.3 Å². The average molecular weight is 256 g/mol. The van der Waals surface area contributed by atoms with E-state index in [2.05, 4.69) is 26.1 Å². The molecule has 2 unspecified atom stereocenters. The fraction of sp³-hybridized carbons (Fsp3) is 0.929. The molecule has 1 saturated heterocycles. The number of nitrogens with zero attached hydrogens (tertiary/aromatic N) is 1. The Labute approximate surface area is 111 Å². The molecule has 0 radical (unpaired) electrons. The molecule has 18 heavy (non-hydrogen) atoms. The van der Waals surface area contributed by atoms with Gasteiger partial charge in [0.25, 0.3) is 0 Å². The van der Waals surface area contributed by atoms with Crippen molar-refractivity contribution in [2.24, 2.45) is 5.41 Å². The first-order chi connectivity index (χ1) is 8.41. The maximum absolute atomic E-state index is 12.2. The van der Waals surface area contributed by atoms with Crippen LogP contribution in [0.3, 0.4) is 0 Å². The van der Waals surface area contributed by atoms with Crippen molar-refractivity contribution in [3.05, 3.63) is 0 Å². The largest absolute Gasteiger partial charge is 0.385 e. The van der Waals surface area contributed by atoms with Crippen LogP contribution in [-0.2, 0) is 9.53 Å². The molecular weight excluding hydrogens is 228 g/mol. The van der Waals surface area contributed by atoms with Gasteiger partial charge in [0.2, 0.25) is 5.91 Å². The topological polar surface area (TPSA) is 41.6 Å². The Morgan fingerprint density at radius 3 is 2.67 bits per heavy atom. The van der Waals surface area contributed by atoms with Gasteiger partial charge in [-0.2, -0.15) is 0 Å². The molecule has 106 valence electrons. The van der Waals surface area contributed by atoms with Gasteiger partial charge in [-0.15, -0.1) is 0 Å². The zero-order chi connectivity index (χ0) is 13.8. The fourth-order valence-corrected chi connectivity index (χ4v) is 2.47. The lowest BCUT2D eigenvalue weighted by Crippen LogP contribution is -2.43. The Hall–Kier alpha value is -0.610. The summed E-state index contributed by atoms with van der Waals surface area (Å²) in [6, 6.07) is -0.0419. The van der Waals surface area contributed by atoms with Gasteiger partial charge in [0, 0.05) is 20.3 Å². The molecule has 0 aromatic carbocycles. The molecule has 1 rings (SSSR count). The number of rotatable bonds is 7. The highest BCUT2D eigenvalue weighted by atomic mass is 16.5. The number of carbonyl (C=O) groups is 1. The van der Waals surface area contributed by atoms with Gasteiger partial charge in [0.05, 0.1) is 12.2 Å². The summed E-state index contributed by atoms with van der Waals surface area (Å²) < 4.78 is 5.15. The summed E-state index contributed by atoms with van der Waals surface area (Å²) in [4.78, 5) is 14.2. The molecule has 1 amide bonds. The molecular formula is C14H28N2O2. The maximum atomic E-state index is 12.2. The second-order valence-electron chi connectivity index (χ2n) is 6.07. The van der Waals surface area contributed by atoms with E-state index >= 15 is 0 Å². The Morgan fingerprint density at radius 1 is 1.44 bits per heavy atom. The number of nitrogens with one attached hydrogen (secondary N) is 1. The van der Waals surface area contributed by atoms with Crippen LogP contribution in [0.5, 0.6) is 0 Å². The number of methoxy groups -OCH3 is 1. The number of hydrogen-bond donors (Lipinski definition) is 1. The predicted octanol–water partition coefficient (Wildman–Crippen LogP) is 2.00. The average Bonchev–Trinajstić information content (AvgIpc) is 2.55. The molecule has 4 heteroatoms. The zero-order valence-corrected chi connectivity index (χ0v) is 12.5. The highest BCUT2D eigenvalue weighted by Crippen LogP contribution is 2.26. The molecule has 0 aliphatic carbocycles. The monoisotopic (exact) mass is 256 g/mol. The Balaban J connectivity index is 2.64. The number of carbonyl (C=O) groups excluding carboxylic acids is 1. The van der Waals surface area contributed by atoms with Gasteiger partial charge in [-0.3, -0.25) is 10.1 Å². The molecule has 0 bridgehead atoms. The van der Waals surface area contributed by atoms with Crippen molar-refractivity contribution in [3.63, 3.8) is 0 Å². The molecule has 0 aromatic rings. The van der Waals surface area contributed by atoms with Crippen molar-refractivity contribution in [2.45, 2.75) is 59.2 Å². The van der Waals surface area contributed by atoms with Crippen molar-refractivity contribution in [2.75, 3.05) is 20.3 Å². The zero-order valence-electron chi connectivity index (χ0n) is 12.5. The van der Waals surface area contributed by atoms with Crippen molar-refractivity contribution in [3.8, 4) is 0 Å². The third-order valence-electron chi connectivity index (χ3n) is 3.62. The molecule has 0 aromatic heterocycles. The normalized spacial score (nSPS) is 24.9. The van der Waals surface area contributed by atoms with E-state index in [0.717, 1.165) is 32.4 Å². The second-order valence-corrected chi connectivity index (χ2v) is 6.07. The van der Waals surface area contributed by atoms with E-state index in [1.807, 2.05) is 11.8 Å². The molecule has 4 nitrogen and oxygen atoms in total. The molecule has 0 saturated carbocycles. The van der Waals surface area contributed by atoms with Crippen molar-refractivity contribution < 1.29 is 9.53 Å². The van der Waals surface area contributed by atoms with E-state index in [4.69, 9.17) is 4.74 Å². The fourth-order valence-electron chi connectivity index (χ4n) is 2.47. The van der Waals surface area contributed by atoms with E-state index in [1.54, 1.807) is 7.11 Å². The maximum Gasteiger partial charge on any atom is 0.240 e. The Morgan fingerprint density at radius 2 is 2.11 bits per heavy atom. The highest BCUT2D eigenvalue weighted by Gasteiger charge is 2.38. The van der Waals surface area contributed by atoms with Gasteiger partial charge < -0.3 is 9.64 Å². The first kappa shape index (κ1) is 15.4. The van der Waals surface area contributed by atoms with E-state index in [1.165, 1.54) is 0 Å². The van der Waals surface area contributed by atoms with Gasteiger partial charge in [0.15, 0.2) is 0 Å². The van der Waals surface area contributed by atoms with E-state index < -0.39 is 0 Å². The molecule has 0 spiro atoms. The summed E-state index contributed by atoms with van der Waals surface area (Å²) in [7, 11) is 1.72. The van der Waals surface area contributed by atoms with E-state index in [9.17, 15) is 4.79 Å². The first-order valence-electron chi connectivity index (χ1n) is 6.96. The Kier molecular flexibility index (Phi) is 5.60. The van der Waals surface area contributed by atoms with Gasteiger partial charge in [-0.05, 0) is 25.2 Å². The summed E-state index contributed by atoms with van der Waals surface area (Å²) in [5, 5.41) is 3.38. The lowest BCUT2D eigenvalue weighted by atomic mass is 9.88. The van der Waals surface area contributed by atoms with Crippen LogP contribution in [0.4, 0.5) is 0 Å². The third kappa shape index (κ3) is 3.95. The first-order valence-corrected chi connectivity index (χ1v) is 6.96. The highest BCUT2D eigenvalue weighted by molar-refractivity contribution is 5.83. The van der Waals surface area contributed by atoms with Crippen molar-refractivity contribution in [1.82, 2.24) is 10.2 Å². The van der Waals surface area contributed by atoms with Crippen LogP contribution in [0.25, 0.3) is 0 Å². The molecule has 1 heterocycles. The van der Waals surface area contributed by atoms with Gasteiger partial charge in [-0.1, -0.05) is 27.2 Å². The quantitative estimate of drug-likeness (QED) is 0.757. The minimum absolute atomic E-state index is 0.0419. The summed E-state index contributed by atoms with van der Waals surface area (Å²) in [5.74, 6) is 0.235. The summed E-state index contributed by atoms with van der Waals surface area (Å²) in [5.41, 5.74) is 0.101.